The number of hydrogen-bond donors (Lipinski definition) is 2. The summed E-state index contributed by atoms with van der Waals surface area (Å²) in [5.74, 6) is 1.45. The Morgan fingerprint density at radius 1 is 1.33 bits per heavy atom. The highest BCUT2D eigenvalue weighted by atomic mass is 16.6. The normalized spacial score (nSPS) is 30.5. The third-order valence-corrected chi connectivity index (χ3v) is 3.52. The van der Waals surface area contributed by atoms with Crippen molar-refractivity contribution < 1.29 is 14.3 Å². The lowest BCUT2D eigenvalue weighted by atomic mass is 9.71. The maximum Gasteiger partial charge on any atom is 0.407 e. The van der Waals surface area contributed by atoms with Gasteiger partial charge in [-0.1, -0.05) is 0 Å². The fraction of sp³-hybridized carbons (Fsp3) is 0.923. The number of amides is 1. The molecule has 2 fully saturated rings. The lowest BCUT2D eigenvalue weighted by molar-refractivity contribution is 0.0525. The van der Waals surface area contributed by atoms with E-state index < -0.39 is 5.60 Å². The third-order valence-electron chi connectivity index (χ3n) is 3.52. The molecule has 2 aliphatic rings. The topological polar surface area (TPSA) is 59.6 Å². The molecule has 104 valence electrons. The highest BCUT2D eigenvalue weighted by Gasteiger charge is 2.44. The van der Waals surface area contributed by atoms with Gasteiger partial charge in [0.05, 0.1) is 6.61 Å². The van der Waals surface area contributed by atoms with Crippen LogP contribution in [0.4, 0.5) is 4.79 Å². The second-order valence-electron chi connectivity index (χ2n) is 6.19. The Hall–Kier alpha value is -0.810. The first kappa shape index (κ1) is 13.6. The highest BCUT2D eigenvalue weighted by molar-refractivity contribution is 5.67. The molecule has 0 aromatic rings. The van der Waals surface area contributed by atoms with Crippen LogP contribution in [0, 0.1) is 11.8 Å². The Bertz CT molecular complexity index is 301. The molecule has 18 heavy (non-hydrogen) atoms. The average Bonchev–Trinajstić information content (AvgIpc) is 2.57. The van der Waals surface area contributed by atoms with Gasteiger partial charge in [-0.05, 0) is 33.1 Å². The molecule has 5 nitrogen and oxygen atoms in total. The van der Waals surface area contributed by atoms with E-state index in [0.29, 0.717) is 18.5 Å². The SMILES string of the molecule is CC(C)(C)OC(=O)NCCNC1C[C@@H]2COC[C@H]12. The van der Waals surface area contributed by atoms with Crippen molar-refractivity contribution in [2.45, 2.75) is 38.8 Å². The summed E-state index contributed by atoms with van der Waals surface area (Å²) in [4.78, 5) is 11.4. The molecule has 1 saturated heterocycles. The summed E-state index contributed by atoms with van der Waals surface area (Å²) < 4.78 is 10.6. The fourth-order valence-corrected chi connectivity index (χ4v) is 2.58. The van der Waals surface area contributed by atoms with Crippen molar-refractivity contribution in [3.63, 3.8) is 0 Å². The van der Waals surface area contributed by atoms with Gasteiger partial charge in [-0.3, -0.25) is 0 Å². The van der Waals surface area contributed by atoms with Crippen LogP contribution in [-0.4, -0.2) is 44.0 Å². The summed E-state index contributed by atoms with van der Waals surface area (Å²) in [7, 11) is 0. The molecule has 5 heteroatoms. The second-order valence-corrected chi connectivity index (χ2v) is 6.19. The van der Waals surface area contributed by atoms with E-state index in [4.69, 9.17) is 9.47 Å². The number of ether oxygens (including phenoxy) is 2. The molecule has 2 rings (SSSR count). The van der Waals surface area contributed by atoms with Crippen molar-refractivity contribution in [1.29, 1.82) is 0 Å². The minimum absolute atomic E-state index is 0.347. The van der Waals surface area contributed by atoms with Crippen molar-refractivity contribution in [2.24, 2.45) is 11.8 Å². The first-order chi connectivity index (χ1) is 8.46. The number of carbonyl (C=O) groups is 1. The molecule has 0 bridgehead atoms. The van der Waals surface area contributed by atoms with Gasteiger partial charge in [0.15, 0.2) is 0 Å². The zero-order valence-electron chi connectivity index (χ0n) is 11.5. The molecule has 0 aromatic carbocycles. The van der Waals surface area contributed by atoms with E-state index in [0.717, 1.165) is 25.7 Å². The first-order valence-electron chi connectivity index (χ1n) is 6.74. The first-order valence-corrected chi connectivity index (χ1v) is 6.74. The van der Waals surface area contributed by atoms with Gasteiger partial charge >= 0.3 is 6.09 Å². The third kappa shape index (κ3) is 3.59. The molecule has 1 saturated carbocycles. The molecule has 1 aliphatic heterocycles. The average molecular weight is 256 g/mol. The van der Waals surface area contributed by atoms with Gasteiger partial charge in [0, 0.05) is 31.7 Å². The van der Waals surface area contributed by atoms with E-state index in [1.54, 1.807) is 0 Å². The molecule has 1 unspecified atom stereocenters. The van der Waals surface area contributed by atoms with Crippen LogP contribution in [0.5, 0.6) is 0 Å². The fourth-order valence-electron chi connectivity index (χ4n) is 2.58. The van der Waals surface area contributed by atoms with Crippen LogP contribution in [0.1, 0.15) is 27.2 Å². The molecular weight excluding hydrogens is 232 g/mol. The molecule has 1 aliphatic carbocycles. The maximum absolute atomic E-state index is 11.4. The summed E-state index contributed by atoms with van der Waals surface area (Å²) in [6.45, 7) is 8.79. The number of hydrogen-bond acceptors (Lipinski definition) is 4. The van der Waals surface area contributed by atoms with Crippen LogP contribution in [0.25, 0.3) is 0 Å². The minimum atomic E-state index is -0.431. The van der Waals surface area contributed by atoms with E-state index in [9.17, 15) is 4.79 Å². The molecule has 0 spiro atoms. The van der Waals surface area contributed by atoms with Gasteiger partial charge in [-0.25, -0.2) is 4.79 Å². The second kappa shape index (κ2) is 5.45. The molecule has 1 amide bonds. The van der Waals surface area contributed by atoms with Crippen LogP contribution in [-0.2, 0) is 9.47 Å². The van der Waals surface area contributed by atoms with Crippen molar-refractivity contribution in [2.75, 3.05) is 26.3 Å². The highest BCUT2D eigenvalue weighted by Crippen LogP contribution is 2.39. The van der Waals surface area contributed by atoms with E-state index >= 15 is 0 Å². The van der Waals surface area contributed by atoms with Crippen LogP contribution < -0.4 is 10.6 Å². The molecule has 0 aromatic heterocycles. The molecular formula is C13H24N2O3. The number of carbonyl (C=O) groups excluding carboxylic acids is 1. The van der Waals surface area contributed by atoms with E-state index in [1.807, 2.05) is 20.8 Å². The van der Waals surface area contributed by atoms with Gasteiger partial charge in [-0.2, -0.15) is 0 Å². The number of alkyl carbamates (subject to hydrolysis) is 1. The van der Waals surface area contributed by atoms with Crippen LogP contribution >= 0.6 is 0 Å². The number of fused-ring (bicyclic) bond motifs is 1. The van der Waals surface area contributed by atoms with Gasteiger partial charge in [0.2, 0.25) is 0 Å². The Balaban J connectivity index is 1.53. The largest absolute Gasteiger partial charge is 0.444 e. The van der Waals surface area contributed by atoms with Crippen LogP contribution in [0.2, 0.25) is 0 Å². The predicted molar refractivity (Wildman–Crippen MR) is 68.4 cm³/mol. The van der Waals surface area contributed by atoms with Gasteiger partial charge in [0.1, 0.15) is 5.60 Å². The van der Waals surface area contributed by atoms with Gasteiger partial charge < -0.3 is 20.1 Å². The molecule has 2 N–H and O–H groups in total. The quantitative estimate of drug-likeness (QED) is 0.740. The summed E-state index contributed by atoms with van der Waals surface area (Å²) in [6, 6.07) is 0.568. The van der Waals surface area contributed by atoms with Crippen LogP contribution in [0.15, 0.2) is 0 Å². The van der Waals surface area contributed by atoms with Gasteiger partial charge in [0.25, 0.3) is 0 Å². The molecule has 1 heterocycles. The van der Waals surface area contributed by atoms with Crippen LogP contribution in [0.3, 0.4) is 0 Å². The summed E-state index contributed by atoms with van der Waals surface area (Å²) >= 11 is 0. The standard InChI is InChI=1S/C13H24N2O3/c1-13(2,3)18-12(16)15-5-4-14-11-6-9-7-17-8-10(9)11/h9-11,14H,4-8H2,1-3H3,(H,15,16)/t9-,10+,11?/m1/s1. The number of rotatable bonds is 4. The Morgan fingerprint density at radius 3 is 2.78 bits per heavy atom. The molecule has 0 radical (unpaired) electrons. The Morgan fingerprint density at radius 2 is 2.11 bits per heavy atom. The minimum Gasteiger partial charge on any atom is -0.444 e. The lowest BCUT2D eigenvalue weighted by Crippen LogP contribution is -2.51. The summed E-state index contributed by atoms with van der Waals surface area (Å²) in [5.41, 5.74) is -0.431. The lowest BCUT2D eigenvalue weighted by Gasteiger charge is -2.39. The van der Waals surface area contributed by atoms with Crippen molar-refractivity contribution in [3.8, 4) is 0 Å². The zero-order chi connectivity index (χ0) is 13.2. The maximum atomic E-state index is 11.4. The van der Waals surface area contributed by atoms with Crippen molar-refractivity contribution in [1.82, 2.24) is 10.6 Å². The van der Waals surface area contributed by atoms with Crippen molar-refractivity contribution in [3.05, 3.63) is 0 Å². The zero-order valence-corrected chi connectivity index (χ0v) is 11.5. The summed E-state index contributed by atoms with van der Waals surface area (Å²) in [5, 5.41) is 6.21. The summed E-state index contributed by atoms with van der Waals surface area (Å²) in [6.07, 6.45) is 0.858. The van der Waals surface area contributed by atoms with Gasteiger partial charge in [-0.15, -0.1) is 0 Å². The van der Waals surface area contributed by atoms with E-state index in [2.05, 4.69) is 10.6 Å². The van der Waals surface area contributed by atoms with E-state index in [-0.39, 0.29) is 6.09 Å². The predicted octanol–water partition coefficient (Wildman–Crippen LogP) is 1.14. The monoisotopic (exact) mass is 256 g/mol. The van der Waals surface area contributed by atoms with Crippen molar-refractivity contribution >= 4 is 6.09 Å². The number of nitrogens with one attached hydrogen (secondary N) is 2. The Labute approximate surface area is 109 Å². The van der Waals surface area contributed by atoms with E-state index in [1.165, 1.54) is 6.42 Å². The molecule has 3 atom stereocenters. The Kier molecular flexibility index (Phi) is 4.12. The smallest absolute Gasteiger partial charge is 0.407 e.